The number of rotatable bonds is 2. The molecule has 92 valence electrons. The molecule has 1 aromatic rings. The summed E-state index contributed by atoms with van der Waals surface area (Å²) in [5.74, 6) is 1.01. The van der Waals surface area contributed by atoms with Crippen LogP contribution in [-0.4, -0.2) is 23.9 Å². The van der Waals surface area contributed by atoms with E-state index in [1.807, 2.05) is 19.2 Å². The Morgan fingerprint density at radius 2 is 1.94 bits per heavy atom. The van der Waals surface area contributed by atoms with E-state index in [4.69, 9.17) is 11.1 Å². The minimum atomic E-state index is 0.120. The Balaban J connectivity index is 2.36. The van der Waals surface area contributed by atoms with Gasteiger partial charge >= 0.3 is 0 Å². The number of aryl methyl sites for hydroxylation is 1. The average molecular weight is 232 g/mol. The largest absolute Gasteiger partial charge is 0.384 e. The SMILES string of the molecule is Cc1ccnc(N2CCCCCC2)c1C(=N)N. The van der Waals surface area contributed by atoms with Crippen LogP contribution in [0.3, 0.4) is 0 Å². The molecule has 0 unspecified atom stereocenters. The number of nitrogens with two attached hydrogens (primary N) is 1. The van der Waals surface area contributed by atoms with Gasteiger partial charge in [-0.1, -0.05) is 12.8 Å². The summed E-state index contributed by atoms with van der Waals surface area (Å²) < 4.78 is 0. The molecule has 0 atom stereocenters. The van der Waals surface area contributed by atoms with Crippen molar-refractivity contribution in [2.75, 3.05) is 18.0 Å². The van der Waals surface area contributed by atoms with Crippen LogP contribution in [0.1, 0.15) is 36.8 Å². The summed E-state index contributed by atoms with van der Waals surface area (Å²) in [5, 5.41) is 7.70. The normalized spacial score (nSPS) is 16.6. The third kappa shape index (κ3) is 2.57. The van der Waals surface area contributed by atoms with Crippen LogP contribution >= 0.6 is 0 Å². The number of anilines is 1. The number of pyridine rings is 1. The van der Waals surface area contributed by atoms with Crippen LogP contribution in [0.4, 0.5) is 5.82 Å². The fourth-order valence-corrected chi connectivity index (χ4v) is 2.40. The van der Waals surface area contributed by atoms with Crippen molar-refractivity contribution in [3.05, 3.63) is 23.4 Å². The van der Waals surface area contributed by atoms with E-state index >= 15 is 0 Å². The maximum Gasteiger partial charge on any atom is 0.139 e. The molecule has 1 saturated heterocycles. The number of nitrogens with one attached hydrogen (secondary N) is 1. The molecule has 1 aliphatic rings. The Hall–Kier alpha value is -1.58. The Kier molecular flexibility index (Phi) is 3.61. The predicted molar refractivity (Wildman–Crippen MR) is 70.7 cm³/mol. The van der Waals surface area contributed by atoms with Crippen LogP contribution in [0.15, 0.2) is 12.3 Å². The quantitative estimate of drug-likeness (QED) is 0.606. The lowest BCUT2D eigenvalue weighted by Crippen LogP contribution is -2.29. The Bertz CT molecular complexity index is 406. The molecule has 4 nitrogen and oxygen atoms in total. The van der Waals surface area contributed by atoms with Gasteiger partial charge in [-0.2, -0.15) is 0 Å². The first-order valence-electron chi connectivity index (χ1n) is 6.25. The molecule has 17 heavy (non-hydrogen) atoms. The number of aromatic nitrogens is 1. The predicted octanol–water partition coefficient (Wildman–Crippen LogP) is 2.05. The van der Waals surface area contributed by atoms with Gasteiger partial charge in [-0.05, 0) is 31.4 Å². The van der Waals surface area contributed by atoms with Crippen molar-refractivity contribution in [3.63, 3.8) is 0 Å². The van der Waals surface area contributed by atoms with Gasteiger partial charge in [0.1, 0.15) is 11.7 Å². The summed E-state index contributed by atoms with van der Waals surface area (Å²) in [7, 11) is 0. The fraction of sp³-hybridized carbons (Fsp3) is 0.538. The highest BCUT2D eigenvalue weighted by Gasteiger charge is 2.17. The van der Waals surface area contributed by atoms with E-state index in [2.05, 4.69) is 9.88 Å². The van der Waals surface area contributed by atoms with Crippen molar-refractivity contribution in [1.82, 2.24) is 4.98 Å². The minimum absolute atomic E-state index is 0.120. The standard InChI is InChI=1S/C13H20N4/c1-10-6-7-16-13(11(10)12(14)15)17-8-4-2-3-5-9-17/h6-7H,2-5,8-9H2,1H3,(H3,14,15). The monoisotopic (exact) mass is 232 g/mol. The van der Waals surface area contributed by atoms with Gasteiger partial charge in [-0.25, -0.2) is 4.98 Å². The molecular weight excluding hydrogens is 212 g/mol. The van der Waals surface area contributed by atoms with Gasteiger partial charge in [0.25, 0.3) is 0 Å². The van der Waals surface area contributed by atoms with Crippen molar-refractivity contribution in [2.45, 2.75) is 32.6 Å². The van der Waals surface area contributed by atoms with Gasteiger partial charge < -0.3 is 10.6 Å². The maximum absolute atomic E-state index is 7.70. The molecule has 0 bridgehead atoms. The zero-order chi connectivity index (χ0) is 12.3. The first kappa shape index (κ1) is 11.9. The highest BCUT2D eigenvalue weighted by Crippen LogP contribution is 2.23. The van der Waals surface area contributed by atoms with Crippen molar-refractivity contribution in [3.8, 4) is 0 Å². The van der Waals surface area contributed by atoms with E-state index in [1.54, 1.807) is 0 Å². The second-order valence-electron chi connectivity index (χ2n) is 4.64. The van der Waals surface area contributed by atoms with Crippen molar-refractivity contribution < 1.29 is 0 Å². The fourth-order valence-electron chi connectivity index (χ4n) is 2.40. The number of hydrogen-bond donors (Lipinski definition) is 2. The molecule has 4 heteroatoms. The minimum Gasteiger partial charge on any atom is -0.384 e. The summed E-state index contributed by atoms with van der Waals surface area (Å²) >= 11 is 0. The lowest BCUT2D eigenvalue weighted by atomic mass is 10.1. The molecule has 0 spiro atoms. The van der Waals surface area contributed by atoms with Crippen molar-refractivity contribution >= 4 is 11.7 Å². The summed E-state index contributed by atoms with van der Waals surface area (Å²) in [6, 6.07) is 1.91. The average Bonchev–Trinajstić information content (AvgIpc) is 2.56. The number of nitrogen functional groups attached to an aromatic ring is 1. The summed E-state index contributed by atoms with van der Waals surface area (Å²) in [5.41, 5.74) is 7.51. The number of nitrogens with zero attached hydrogens (tertiary/aromatic N) is 2. The van der Waals surface area contributed by atoms with Gasteiger partial charge in [0.05, 0.1) is 5.56 Å². The zero-order valence-corrected chi connectivity index (χ0v) is 10.4. The maximum atomic E-state index is 7.70. The molecule has 1 aliphatic heterocycles. The third-order valence-electron chi connectivity index (χ3n) is 3.31. The summed E-state index contributed by atoms with van der Waals surface area (Å²) in [4.78, 5) is 6.71. The van der Waals surface area contributed by atoms with Gasteiger partial charge in [0.15, 0.2) is 0 Å². The smallest absolute Gasteiger partial charge is 0.139 e. The van der Waals surface area contributed by atoms with Gasteiger partial charge in [-0.15, -0.1) is 0 Å². The topological polar surface area (TPSA) is 66.0 Å². The Morgan fingerprint density at radius 3 is 2.53 bits per heavy atom. The molecule has 0 saturated carbocycles. The second-order valence-corrected chi connectivity index (χ2v) is 4.64. The molecule has 0 aromatic carbocycles. The lowest BCUT2D eigenvalue weighted by molar-refractivity contribution is 0.726. The lowest BCUT2D eigenvalue weighted by Gasteiger charge is -2.24. The van der Waals surface area contributed by atoms with Gasteiger partial charge in [0.2, 0.25) is 0 Å². The van der Waals surface area contributed by atoms with Crippen molar-refractivity contribution in [2.24, 2.45) is 5.73 Å². The van der Waals surface area contributed by atoms with E-state index in [1.165, 1.54) is 25.7 Å². The van der Waals surface area contributed by atoms with E-state index in [-0.39, 0.29) is 5.84 Å². The molecular formula is C13H20N4. The van der Waals surface area contributed by atoms with Crippen LogP contribution in [0, 0.1) is 12.3 Å². The highest BCUT2D eigenvalue weighted by molar-refractivity contribution is 6.01. The molecule has 0 aliphatic carbocycles. The van der Waals surface area contributed by atoms with Crippen LogP contribution in [-0.2, 0) is 0 Å². The van der Waals surface area contributed by atoms with E-state index in [0.29, 0.717) is 0 Å². The van der Waals surface area contributed by atoms with E-state index < -0.39 is 0 Å². The van der Waals surface area contributed by atoms with Gasteiger partial charge in [0, 0.05) is 19.3 Å². The van der Waals surface area contributed by atoms with Crippen molar-refractivity contribution in [1.29, 1.82) is 5.41 Å². The Labute approximate surface area is 102 Å². The van der Waals surface area contributed by atoms with Gasteiger partial charge in [-0.3, -0.25) is 5.41 Å². The van der Waals surface area contributed by atoms with Crippen LogP contribution in [0.5, 0.6) is 0 Å². The summed E-state index contributed by atoms with van der Waals surface area (Å²) in [6.45, 7) is 4.03. The zero-order valence-electron chi connectivity index (χ0n) is 10.4. The number of amidine groups is 1. The van der Waals surface area contributed by atoms with E-state index in [9.17, 15) is 0 Å². The first-order valence-corrected chi connectivity index (χ1v) is 6.25. The molecule has 1 fully saturated rings. The van der Waals surface area contributed by atoms with E-state index in [0.717, 1.165) is 30.0 Å². The molecule has 1 aromatic heterocycles. The highest BCUT2D eigenvalue weighted by atomic mass is 15.2. The molecule has 2 rings (SSSR count). The first-order chi connectivity index (χ1) is 8.20. The second kappa shape index (κ2) is 5.17. The van der Waals surface area contributed by atoms with Crippen LogP contribution in [0.2, 0.25) is 0 Å². The van der Waals surface area contributed by atoms with Crippen LogP contribution in [0.25, 0.3) is 0 Å². The van der Waals surface area contributed by atoms with Crippen LogP contribution < -0.4 is 10.6 Å². The summed E-state index contributed by atoms with van der Waals surface area (Å²) in [6.07, 6.45) is 6.79. The molecule has 2 heterocycles. The Morgan fingerprint density at radius 1 is 1.29 bits per heavy atom. The molecule has 0 amide bonds. The molecule has 0 radical (unpaired) electrons. The number of hydrogen-bond acceptors (Lipinski definition) is 3. The molecule has 3 N–H and O–H groups in total. The third-order valence-corrected chi connectivity index (χ3v) is 3.31.